The highest BCUT2D eigenvalue weighted by atomic mass is 35.5. The van der Waals surface area contributed by atoms with Crippen LogP contribution in [0.4, 0.5) is 5.69 Å². The maximum absolute atomic E-state index is 12.1. The SMILES string of the molecule is O=C(Nc1cccc(CCCCl)c1)c1cc(O)cc(O)c1. The molecular weight excluding hydrogens is 290 g/mol. The van der Waals surface area contributed by atoms with E-state index in [1.54, 1.807) is 6.07 Å². The molecule has 0 unspecified atom stereocenters. The molecule has 4 nitrogen and oxygen atoms in total. The predicted molar refractivity (Wildman–Crippen MR) is 83.2 cm³/mol. The topological polar surface area (TPSA) is 69.6 Å². The second-order valence-corrected chi connectivity index (χ2v) is 5.06. The van der Waals surface area contributed by atoms with Crippen LogP contribution < -0.4 is 5.32 Å². The number of phenols is 2. The quantitative estimate of drug-likeness (QED) is 0.740. The van der Waals surface area contributed by atoms with Crippen LogP contribution in [0.15, 0.2) is 42.5 Å². The second kappa shape index (κ2) is 6.99. The van der Waals surface area contributed by atoms with Crippen molar-refractivity contribution in [3.63, 3.8) is 0 Å². The number of nitrogens with one attached hydrogen (secondary N) is 1. The van der Waals surface area contributed by atoms with E-state index in [1.165, 1.54) is 18.2 Å². The van der Waals surface area contributed by atoms with Crippen molar-refractivity contribution in [2.24, 2.45) is 0 Å². The van der Waals surface area contributed by atoms with E-state index in [-0.39, 0.29) is 17.1 Å². The zero-order valence-electron chi connectivity index (χ0n) is 11.3. The monoisotopic (exact) mass is 305 g/mol. The third-order valence-electron chi connectivity index (χ3n) is 2.95. The van der Waals surface area contributed by atoms with E-state index in [0.29, 0.717) is 11.6 Å². The number of anilines is 1. The number of hydrogen-bond donors (Lipinski definition) is 3. The molecule has 3 N–H and O–H groups in total. The fraction of sp³-hybridized carbons (Fsp3) is 0.188. The Balaban J connectivity index is 2.11. The van der Waals surface area contributed by atoms with Gasteiger partial charge in [-0.25, -0.2) is 0 Å². The van der Waals surface area contributed by atoms with Gasteiger partial charge in [-0.05, 0) is 42.7 Å². The molecule has 5 heteroatoms. The number of aromatic hydroxyl groups is 2. The first-order chi connectivity index (χ1) is 10.1. The van der Waals surface area contributed by atoms with Gasteiger partial charge in [-0.2, -0.15) is 0 Å². The van der Waals surface area contributed by atoms with Crippen molar-refractivity contribution in [2.45, 2.75) is 12.8 Å². The maximum Gasteiger partial charge on any atom is 0.255 e. The molecule has 0 atom stereocenters. The van der Waals surface area contributed by atoms with Crippen molar-refractivity contribution in [3.8, 4) is 11.5 Å². The average Bonchev–Trinajstić information content (AvgIpc) is 2.44. The normalized spacial score (nSPS) is 10.3. The van der Waals surface area contributed by atoms with Crippen molar-refractivity contribution in [1.82, 2.24) is 0 Å². The lowest BCUT2D eigenvalue weighted by Crippen LogP contribution is -2.11. The van der Waals surface area contributed by atoms with E-state index in [1.807, 2.05) is 18.2 Å². The van der Waals surface area contributed by atoms with Gasteiger partial charge in [0.2, 0.25) is 0 Å². The van der Waals surface area contributed by atoms with Gasteiger partial charge < -0.3 is 15.5 Å². The number of halogens is 1. The van der Waals surface area contributed by atoms with Gasteiger partial charge in [0.25, 0.3) is 5.91 Å². The molecule has 2 aromatic carbocycles. The number of alkyl halides is 1. The molecule has 110 valence electrons. The smallest absolute Gasteiger partial charge is 0.255 e. The summed E-state index contributed by atoms with van der Waals surface area (Å²) in [6.45, 7) is 0. The van der Waals surface area contributed by atoms with Crippen LogP contribution in [-0.4, -0.2) is 22.0 Å². The Morgan fingerprint density at radius 3 is 2.48 bits per heavy atom. The van der Waals surface area contributed by atoms with Crippen molar-refractivity contribution in [1.29, 1.82) is 0 Å². The van der Waals surface area contributed by atoms with Crippen molar-refractivity contribution < 1.29 is 15.0 Å². The van der Waals surface area contributed by atoms with E-state index >= 15 is 0 Å². The summed E-state index contributed by atoms with van der Waals surface area (Å²) in [5.74, 6) is -0.109. The Kier molecular flexibility index (Phi) is 5.06. The number of aryl methyl sites for hydroxylation is 1. The number of phenolic OH excluding ortho intramolecular Hbond substituents is 2. The molecule has 0 aliphatic carbocycles. The van der Waals surface area contributed by atoms with Gasteiger partial charge in [0.15, 0.2) is 0 Å². The molecule has 0 heterocycles. The van der Waals surface area contributed by atoms with E-state index in [0.717, 1.165) is 18.4 Å². The lowest BCUT2D eigenvalue weighted by molar-refractivity contribution is 0.102. The van der Waals surface area contributed by atoms with Gasteiger partial charge in [-0.1, -0.05) is 12.1 Å². The molecule has 0 bridgehead atoms. The largest absolute Gasteiger partial charge is 0.508 e. The lowest BCUT2D eigenvalue weighted by atomic mass is 10.1. The first-order valence-electron chi connectivity index (χ1n) is 6.58. The summed E-state index contributed by atoms with van der Waals surface area (Å²) in [5.41, 5.74) is 1.95. The molecule has 2 rings (SSSR count). The number of benzene rings is 2. The summed E-state index contributed by atoms with van der Waals surface area (Å²) in [5, 5.41) is 21.5. The molecule has 0 fully saturated rings. The van der Waals surface area contributed by atoms with Gasteiger partial charge >= 0.3 is 0 Å². The minimum absolute atomic E-state index is 0.156. The number of hydrogen-bond acceptors (Lipinski definition) is 3. The Bertz CT molecular complexity index is 623. The van der Waals surface area contributed by atoms with E-state index in [4.69, 9.17) is 11.6 Å². The number of carbonyl (C=O) groups excluding carboxylic acids is 1. The Hall–Kier alpha value is -2.20. The third-order valence-corrected chi connectivity index (χ3v) is 3.22. The van der Waals surface area contributed by atoms with Crippen molar-refractivity contribution >= 4 is 23.2 Å². The summed E-state index contributed by atoms with van der Waals surface area (Å²) >= 11 is 5.67. The minimum atomic E-state index is -0.393. The average molecular weight is 306 g/mol. The van der Waals surface area contributed by atoms with E-state index < -0.39 is 5.91 Å². The summed E-state index contributed by atoms with van der Waals surface area (Å²) < 4.78 is 0. The van der Waals surface area contributed by atoms with Crippen LogP contribution in [0.25, 0.3) is 0 Å². The molecular formula is C16H16ClNO3. The summed E-state index contributed by atoms with van der Waals surface area (Å²) in [4.78, 5) is 12.1. The van der Waals surface area contributed by atoms with Crippen LogP contribution in [0.1, 0.15) is 22.3 Å². The number of rotatable bonds is 5. The van der Waals surface area contributed by atoms with Crippen LogP contribution in [0.5, 0.6) is 11.5 Å². The summed E-state index contributed by atoms with van der Waals surface area (Å²) in [6, 6.07) is 11.3. The molecule has 0 aliphatic heterocycles. The van der Waals surface area contributed by atoms with E-state index in [9.17, 15) is 15.0 Å². The summed E-state index contributed by atoms with van der Waals surface area (Å²) in [7, 11) is 0. The zero-order valence-corrected chi connectivity index (χ0v) is 12.1. The molecule has 21 heavy (non-hydrogen) atoms. The highest BCUT2D eigenvalue weighted by Crippen LogP contribution is 2.21. The molecule has 2 aromatic rings. The number of carbonyl (C=O) groups is 1. The second-order valence-electron chi connectivity index (χ2n) is 4.69. The van der Waals surface area contributed by atoms with Crippen LogP contribution in [0.3, 0.4) is 0 Å². The number of amides is 1. The van der Waals surface area contributed by atoms with Gasteiger partial charge in [-0.3, -0.25) is 4.79 Å². The van der Waals surface area contributed by atoms with Gasteiger partial charge in [0.05, 0.1) is 0 Å². The first-order valence-corrected chi connectivity index (χ1v) is 7.11. The Labute approximate surface area is 128 Å². The first kappa shape index (κ1) is 15.2. The fourth-order valence-corrected chi connectivity index (χ4v) is 2.14. The van der Waals surface area contributed by atoms with Crippen LogP contribution in [0, 0.1) is 0 Å². The minimum Gasteiger partial charge on any atom is -0.508 e. The van der Waals surface area contributed by atoms with Gasteiger partial charge in [-0.15, -0.1) is 11.6 Å². The molecule has 0 radical (unpaired) electrons. The third kappa shape index (κ3) is 4.39. The van der Waals surface area contributed by atoms with Crippen molar-refractivity contribution in [3.05, 3.63) is 53.6 Å². The lowest BCUT2D eigenvalue weighted by Gasteiger charge is -2.08. The fourth-order valence-electron chi connectivity index (χ4n) is 2.01. The van der Waals surface area contributed by atoms with Crippen LogP contribution in [-0.2, 0) is 6.42 Å². The van der Waals surface area contributed by atoms with E-state index in [2.05, 4.69) is 5.32 Å². The molecule has 0 aliphatic rings. The molecule has 0 spiro atoms. The summed E-state index contributed by atoms with van der Waals surface area (Å²) in [6.07, 6.45) is 1.72. The highest BCUT2D eigenvalue weighted by Gasteiger charge is 2.09. The highest BCUT2D eigenvalue weighted by molar-refractivity contribution is 6.17. The maximum atomic E-state index is 12.1. The zero-order chi connectivity index (χ0) is 15.2. The predicted octanol–water partition coefficient (Wildman–Crippen LogP) is 3.52. The Morgan fingerprint density at radius 2 is 1.81 bits per heavy atom. The van der Waals surface area contributed by atoms with Gasteiger partial charge in [0, 0.05) is 23.2 Å². The molecule has 0 saturated carbocycles. The van der Waals surface area contributed by atoms with Crippen LogP contribution >= 0.6 is 11.6 Å². The van der Waals surface area contributed by atoms with Crippen molar-refractivity contribution in [2.75, 3.05) is 11.2 Å². The van der Waals surface area contributed by atoms with Gasteiger partial charge in [0.1, 0.15) is 11.5 Å². The molecule has 1 amide bonds. The Morgan fingerprint density at radius 1 is 1.10 bits per heavy atom. The molecule has 0 aromatic heterocycles. The van der Waals surface area contributed by atoms with Crippen LogP contribution in [0.2, 0.25) is 0 Å². The standard InChI is InChI=1S/C16H16ClNO3/c17-6-2-4-11-3-1-5-13(7-11)18-16(21)12-8-14(19)10-15(20)9-12/h1,3,5,7-10,19-20H,2,4,6H2,(H,18,21). The molecule has 0 saturated heterocycles.